The number of pyridine rings is 1. The van der Waals surface area contributed by atoms with Crippen molar-refractivity contribution in [1.82, 2.24) is 9.97 Å². The Balaban J connectivity index is 1.96. The van der Waals surface area contributed by atoms with Crippen LogP contribution in [-0.4, -0.2) is 27.6 Å². The van der Waals surface area contributed by atoms with Gasteiger partial charge in [0.15, 0.2) is 5.13 Å². The molecule has 3 aromatic rings. The lowest BCUT2D eigenvalue weighted by Crippen LogP contribution is -2.25. The summed E-state index contributed by atoms with van der Waals surface area (Å²) in [6.45, 7) is 5.44. The minimum absolute atomic E-state index is 0.0775. The number of anilines is 1. The molecule has 0 radical (unpaired) electrons. The third kappa shape index (κ3) is 5.39. The molecule has 0 aliphatic heterocycles. The van der Waals surface area contributed by atoms with E-state index in [2.05, 4.69) is 35.9 Å². The van der Waals surface area contributed by atoms with Crippen molar-refractivity contribution >= 4 is 22.4 Å². The molecule has 28 heavy (non-hydrogen) atoms. The molecule has 3 rings (SSSR count). The maximum absolute atomic E-state index is 11.2. The first-order valence-corrected chi connectivity index (χ1v) is 10.3. The van der Waals surface area contributed by atoms with Gasteiger partial charge < -0.3 is 10.0 Å². The molecule has 1 aromatic carbocycles. The van der Waals surface area contributed by atoms with E-state index in [1.165, 1.54) is 4.88 Å². The summed E-state index contributed by atoms with van der Waals surface area (Å²) in [5.74, 6) is -0.296. The van der Waals surface area contributed by atoms with E-state index in [0.717, 1.165) is 28.4 Å². The molecule has 6 heteroatoms. The number of hydrogen-bond donors (Lipinski definition) is 1. The number of carbonyl (C=O) groups is 1. The predicted molar refractivity (Wildman–Crippen MR) is 114 cm³/mol. The molecule has 0 amide bonds. The first-order chi connectivity index (χ1) is 13.5. The van der Waals surface area contributed by atoms with Crippen molar-refractivity contribution in [2.75, 3.05) is 11.4 Å². The molecule has 0 spiro atoms. The Kier molecular flexibility index (Phi) is 6.76. The summed E-state index contributed by atoms with van der Waals surface area (Å²) < 4.78 is 0. The Bertz CT molecular complexity index is 895. The van der Waals surface area contributed by atoms with Gasteiger partial charge in [-0.15, -0.1) is 11.3 Å². The summed E-state index contributed by atoms with van der Waals surface area (Å²) in [5.41, 5.74) is 3.09. The number of aromatic nitrogens is 2. The van der Waals surface area contributed by atoms with Crippen molar-refractivity contribution < 1.29 is 9.90 Å². The number of aliphatic carboxylic acids is 1. The lowest BCUT2D eigenvalue weighted by molar-refractivity contribution is -0.136. The minimum Gasteiger partial charge on any atom is -0.481 e. The SMILES string of the molecule is CC(C)Cc1sc(N(CCC(=O)O)Cc2ccccc2)nc1-c1cccnc1. The highest BCUT2D eigenvalue weighted by Gasteiger charge is 2.19. The van der Waals surface area contributed by atoms with E-state index < -0.39 is 5.97 Å². The van der Waals surface area contributed by atoms with E-state index in [-0.39, 0.29) is 6.42 Å². The van der Waals surface area contributed by atoms with Gasteiger partial charge in [-0.3, -0.25) is 9.78 Å². The first kappa shape index (κ1) is 20.0. The molecule has 0 saturated heterocycles. The van der Waals surface area contributed by atoms with Crippen molar-refractivity contribution in [2.24, 2.45) is 5.92 Å². The van der Waals surface area contributed by atoms with Gasteiger partial charge in [0, 0.05) is 35.9 Å². The summed E-state index contributed by atoms with van der Waals surface area (Å²) in [6.07, 6.45) is 4.60. The number of nitrogens with zero attached hydrogens (tertiary/aromatic N) is 3. The summed E-state index contributed by atoms with van der Waals surface area (Å²) in [7, 11) is 0. The van der Waals surface area contributed by atoms with Crippen LogP contribution in [0.25, 0.3) is 11.3 Å². The zero-order valence-electron chi connectivity index (χ0n) is 16.2. The van der Waals surface area contributed by atoms with Crippen molar-refractivity contribution in [3.63, 3.8) is 0 Å². The molecule has 1 N–H and O–H groups in total. The lowest BCUT2D eigenvalue weighted by Gasteiger charge is -2.21. The average molecular weight is 396 g/mol. The zero-order chi connectivity index (χ0) is 19.9. The molecule has 0 bridgehead atoms. The van der Waals surface area contributed by atoms with Crippen molar-refractivity contribution in [2.45, 2.75) is 33.2 Å². The third-order valence-corrected chi connectivity index (χ3v) is 5.44. The second-order valence-electron chi connectivity index (χ2n) is 7.16. The average Bonchev–Trinajstić information content (AvgIpc) is 3.09. The van der Waals surface area contributed by atoms with Crippen molar-refractivity contribution in [3.05, 3.63) is 65.3 Å². The number of carboxylic acid groups (broad SMARTS) is 1. The third-order valence-electron chi connectivity index (χ3n) is 4.30. The van der Waals surface area contributed by atoms with E-state index >= 15 is 0 Å². The highest BCUT2D eigenvalue weighted by atomic mass is 32.1. The van der Waals surface area contributed by atoms with Crippen LogP contribution in [0.4, 0.5) is 5.13 Å². The van der Waals surface area contributed by atoms with Gasteiger partial charge in [-0.1, -0.05) is 44.2 Å². The second kappa shape index (κ2) is 9.46. The maximum Gasteiger partial charge on any atom is 0.305 e. The lowest BCUT2D eigenvalue weighted by atomic mass is 10.1. The van der Waals surface area contributed by atoms with E-state index in [4.69, 9.17) is 4.98 Å². The quantitative estimate of drug-likeness (QED) is 0.559. The number of rotatable bonds is 9. The van der Waals surface area contributed by atoms with Gasteiger partial charge in [0.1, 0.15) is 0 Å². The fourth-order valence-corrected chi connectivity index (χ4v) is 4.31. The largest absolute Gasteiger partial charge is 0.481 e. The van der Waals surface area contributed by atoms with Crippen LogP contribution in [0.2, 0.25) is 0 Å². The minimum atomic E-state index is -0.801. The van der Waals surface area contributed by atoms with Gasteiger partial charge in [0.05, 0.1) is 12.1 Å². The smallest absolute Gasteiger partial charge is 0.305 e. The molecule has 0 fully saturated rings. The molecule has 0 unspecified atom stereocenters. The summed E-state index contributed by atoms with van der Waals surface area (Å²) in [4.78, 5) is 23.6. The van der Waals surface area contributed by atoms with Gasteiger partial charge in [0.25, 0.3) is 0 Å². The van der Waals surface area contributed by atoms with Crippen LogP contribution in [0, 0.1) is 5.92 Å². The fraction of sp³-hybridized carbons (Fsp3) is 0.318. The van der Waals surface area contributed by atoms with Crippen LogP contribution in [0.1, 0.15) is 30.7 Å². The Morgan fingerprint density at radius 2 is 1.96 bits per heavy atom. The highest BCUT2D eigenvalue weighted by Crippen LogP contribution is 2.35. The van der Waals surface area contributed by atoms with Gasteiger partial charge in [-0.05, 0) is 30.0 Å². The second-order valence-corrected chi connectivity index (χ2v) is 8.22. The Morgan fingerprint density at radius 1 is 1.18 bits per heavy atom. The zero-order valence-corrected chi connectivity index (χ0v) is 17.0. The van der Waals surface area contributed by atoms with Gasteiger partial charge in [-0.25, -0.2) is 4.98 Å². The molecule has 2 aromatic heterocycles. The van der Waals surface area contributed by atoms with Crippen molar-refractivity contribution in [3.8, 4) is 11.3 Å². The first-order valence-electron chi connectivity index (χ1n) is 9.43. The normalized spacial score (nSPS) is 11.0. The monoisotopic (exact) mass is 395 g/mol. The fourth-order valence-electron chi connectivity index (χ4n) is 2.99. The summed E-state index contributed by atoms with van der Waals surface area (Å²) in [6, 6.07) is 14.0. The van der Waals surface area contributed by atoms with Gasteiger partial charge in [-0.2, -0.15) is 0 Å². The van der Waals surface area contributed by atoms with Crippen LogP contribution in [0.3, 0.4) is 0 Å². The molecule has 146 valence electrons. The van der Waals surface area contributed by atoms with E-state index in [1.54, 1.807) is 17.5 Å². The molecule has 5 nitrogen and oxygen atoms in total. The Morgan fingerprint density at radius 3 is 2.61 bits per heavy atom. The van der Waals surface area contributed by atoms with E-state index in [1.807, 2.05) is 36.5 Å². The Labute approximate surface area is 169 Å². The molecular formula is C22H25N3O2S. The number of carboxylic acids is 1. The molecule has 0 saturated carbocycles. The topological polar surface area (TPSA) is 66.3 Å². The van der Waals surface area contributed by atoms with E-state index in [9.17, 15) is 9.90 Å². The van der Waals surface area contributed by atoms with Crippen LogP contribution >= 0.6 is 11.3 Å². The predicted octanol–water partition coefficient (Wildman–Crippen LogP) is 4.88. The molecule has 2 heterocycles. The standard InChI is InChI=1S/C22H25N3O2S/c1-16(2)13-19-21(18-9-6-11-23-14-18)24-22(28-19)25(12-10-20(26)27)15-17-7-4-3-5-8-17/h3-9,11,14,16H,10,12-13,15H2,1-2H3,(H,26,27). The number of benzene rings is 1. The van der Waals surface area contributed by atoms with Gasteiger partial charge in [0.2, 0.25) is 0 Å². The van der Waals surface area contributed by atoms with E-state index in [0.29, 0.717) is 19.0 Å². The molecule has 0 aliphatic carbocycles. The maximum atomic E-state index is 11.2. The highest BCUT2D eigenvalue weighted by molar-refractivity contribution is 7.16. The van der Waals surface area contributed by atoms with Crippen molar-refractivity contribution in [1.29, 1.82) is 0 Å². The summed E-state index contributed by atoms with van der Waals surface area (Å²) in [5, 5.41) is 10.0. The molecule has 0 atom stereocenters. The van der Waals surface area contributed by atoms with Gasteiger partial charge >= 0.3 is 5.97 Å². The summed E-state index contributed by atoms with van der Waals surface area (Å²) >= 11 is 1.66. The van der Waals surface area contributed by atoms with Crippen LogP contribution in [0.15, 0.2) is 54.9 Å². The number of thiazole rings is 1. The van der Waals surface area contributed by atoms with Crippen LogP contribution < -0.4 is 4.90 Å². The number of hydrogen-bond acceptors (Lipinski definition) is 5. The van der Waals surface area contributed by atoms with Crippen LogP contribution in [-0.2, 0) is 17.8 Å². The molecular weight excluding hydrogens is 370 g/mol. The Hall–Kier alpha value is -2.73. The van der Waals surface area contributed by atoms with Crippen LogP contribution in [0.5, 0.6) is 0 Å². The molecule has 0 aliphatic rings.